The Kier molecular flexibility index (Phi) is 3.36. The van der Waals surface area contributed by atoms with E-state index in [1.807, 2.05) is 22.7 Å². The largest absolute Gasteiger partial charge is 0.144 e. The van der Waals surface area contributed by atoms with Crippen LogP contribution < -0.4 is 4.50 Å². The van der Waals surface area contributed by atoms with Gasteiger partial charge < -0.3 is 0 Å². The number of rotatable bonds is 2. The van der Waals surface area contributed by atoms with E-state index in [9.17, 15) is 0 Å². The van der Waals surface area contributed by atoms with E-state index in [0.29, 0.717) is 5.04 Å². The fourth-order valence-electron chi connectivity index (χ4n) is 1.59. The Morgan fingerprint density at radius 1 is 1.00 bits per heavy atom. The van der Waals surface area contributed by atoms with Gasteiger partial charge in [0.1, 0.15) is 0 Å². The summed E-state index contributed by atoms with van der Waals surface area (Å²) in [6.45, 7) is 12.1. The molecule has 0 N–H and O–H groups in total. The van der Waals surface area contributed by atoms with Crippen molar-refractivity contribution in [3.8, 4) is 9.75 Å². The van der Waals surface area contributed by atoms with Crippen LogP contribution in [-0.4, -0.2) is 8.07 Å². The Morgan fingerprint density at radius 2 is 1.71 bits per heavy atom. The molecule has 0 bridgehead atoms. The van der Waals surface area contributed by atoms with Crippen molar-refractivity contribution in [2.45, 2.75) is 38.9 Å². The summed E-state index contributed by atoms with van der Waals surface area (Å²) in [4.78, 5) is 2.83. The van der Waals surface area contributed by atoms with E-state index >= 15 is 0 Å². The molecule has 0 aromatic carbocycles. The first-order chi connectivity index (χ1) is 7.82. The van der Waals surface area contributed by atoms with Crippen LogP contribution >= 0.6 is 22.7 Å². The van der Waals surface area contributed by atoms with Crippen molar-refractivity contribution in [2.24, 2.45) is 0 Å². The molecule has 92 valence electrons. The van der Waals surface area contributed by atoms with E-state index in [1.165, 1.54) is 9.75 Å². The smallest absolute Gasteiger partial charge is 0.0987 e. The normalized spacial score (nSPS) is 13.0. The van der Waals surface area contributed by atoms with Crippen LogP contribution in [0, 0.1) is 0 Å². The molecule has 0 aliphatic heterocycles. The van der Waals surface area contributed by atoms with Crippen LogP contribution in [0.3, 0.4) is 0 Å². The molecule has 0 unspecified atom stereocenters. The molecule has 0 spiro atoms. The Balaban J connectivity index is 2.37. The van der Waals surface area contributed by atoms with Gasteiger partial charge in [0.05, 0.1) is 8.07 Å². The third kappa shape index (κ3) is 2.42. The van der Waals surface area contributed by atoms with E-state index in [0.717, 1.165) is 0 Å². The number of thiophene rings is 2. The third-order valence-electron chi connectivity index (χ3n) is 3.86. The number of hydrogen-bond donors (Lipinski definition) is 0. The standard InChI is InChI=1S/C14H20S2Si/c1-14(2,3)17(4,5)13-9-8-12(16-13)11-7-6-10-15-11/h6-10H,1-5H3. The van der Waals surface area contributed by atoms with Gasteiger partial charge in [0.2, 0.25) is 0 Å². The zero-order valence-corrected chi connectivity index (χ0v) is 13.8. The van der Waals surface area contributed by atoms with Gasteiger partial charge in [0.15, 0.2) is 0 Å². The third-order valence-corrected chi connectivity index (χ3v) is 12.8. The molecule has 2 aromatic rings. The van der Waals surface area contributed by atoms with Gasteiger partial charge in [0, 0.05) is 9.75 Å². The van der Waals surface area contributed by atoms with Gasteiger partial charge in [-0.2, -0.15) is 0 Å². The van der Waals surface area contributed by atoms with Crippen molar-refractivity contribution in [1.29, 1.82) is 0 Å². The molecule has 0 aliphatic carbocycles. The predicted molar refractivity (Wildman–Crippen MR) is 84.5 cm³/mol. The lowest BCUT2D eigenvalue weighted by atomic mass is 10.2. The Bertz CT molecular complexity index is 487. The Hall–Kier alpha value is -0.383. The molecule has 2 rings (SSSR count). The average Bonchev–Trinajstić information content (AvgIpc) is 2.87. The predicted octanol–water partition coefficient (Wildman–Crippen LogP) is 5.19. The van der Waals surface area contributed by atoms with E-state index in [1.54, 1.807) is 4.50 Å². The maximum Gasteiger partial charge on any atom is 0.0987 e. The van der Waals surface area contributed by atoms with E-state index in [-0.39, 0.29) is 0 Å². The number of hydrogen-bond acceptors (Lipinski definition) is 2. The second kappa shape index (κ2) is 4.37. The van der Waals surface area contributed by atoms with Crippen LogP contribution in [0.15, 0.2) is 29.6 Å². The fourth-order valence-corrected chi connectivity index (χ4v) is 6.69. The summed E-state index contributed by atoms with van der Waals surface area (Å²) in [5.74, 6) is 0. The molecule has 0 nitrogen and oxygen atoms in total. The highest BCUT2D eigenvalue weighted by Crippen LogP contribution is 2.38. The van der Waals surface area contributed by atoms with E-state index in [4.69, 9.17) is 0 Å². The second-order valence-corrected chi connectivity index (χ2v) is 13.7. The van der Waals surface area contributed by atoms with Gasteiger partial charge in [-0.25, -0.2) is 0 Å². The van der Waals surface area contributed by atoms with Crippen molar-refractivity contribution in [2.75, 3.05) is 0 Å². The zero-order valence-electron chi connectivity index (χ0n) is 11.2. The highest BCUT2D eigenvalue weighted by molar-refractivity contribution is 7.31. The first kappa shape index (κ1) is 13.1. The summed E-state index contributed by atoms with van der Waals surface area (Å²) in [5.41, 5.74) is 0. The maximum atomic E-state index is 2.48. The van der Waals surface area contributed by atoms with Gasteiger partial charge in [-0.1, -0.05) is 46.0 Å². The van der Waals surface area contributed by atoms with E-state index in [2.05, 4.69) is 63.5 Å². The minimum atomic E-state index is -1.35. The van der Waals surface area contributed by atoms with Crippen LogP contribution in [0.2, 0.25) is 18.1 Å². The molecule has 0 atom stereocenters. The van der Waals surface area contributed by atoms with Gasteiger partial charge in [-0.3, -0.25) is 0 Å². The maximum absolute atomic E-state index is 2.48. The van der Waals surface area contributed by atoms with Gasteiger partial charge >= 0.3 is 0 Å². The lowest BCUT2D eigenvalue weighted by molar-refractivity contribution is 0.730. The lowest BCUT2D eigenvalue weighted by Gasteiger charge is -2.35. The first-order valence-corrected chi connectivity index (χ1v) is 10.7. The first-order valence-electron chi connectivity index (χ1n) is 5.96. The Morgan fingerprint density at radius 3 is 2.24 bits per heavy atom. The molecule has 2 heterocycles. The monoisotopic (exact) mass is 280 g/mol. The summed E-state index contributed by atoms with van der Waals surface area (Å²) < 4.78 is 1.62. The minimum absolute atomic E-state index is 0.421. The summed E-state index contributed by atoms with van der Waals surface area (Å²) in [5, 5.41) is 2.58. The van der Waals surface area contributed by atoms with Crippen molar-refractivity contribution >= 4 is 35.2 Å². The van der Waals surface area contributed by atoms with Crippen molar-refractivity contribution in [1.82, 2.24) is 0 Å². The molecular formula is C14H20S2Si. The van der Waals surface area contributed by atoms with Gasteiger partial charge in [-0.15, -0.1) is 22.7 Å². The summed E-state index contributed by atoms with van der Waals surface area (Å²) in [7, 11) is -1.35. The van der Waals surface area contributed by atoms with E-state index < -0.39 is 8.07 Å². The molecule has 0 saturated heterocycles. The van der Waals surface area contributed by atoms with Crippen LogP contribution in [0.4, 0.5) is 0 Å². The average molecular weight is 281 g/mol. The van der Waals surface area contributed by atoms with Crippen molar-refractivity contribution in [3.05, 3.63) is 29.6 Å². The molecule has 0 aliphatic rings. The van der Waals surface area contributed by atoms with Crippen LogP contribution in [0.5, 0.6) is 0 Å². The van der Waals surface area contributed by atoms with Crippen LogP contribution in [-0.2, 0) is 0 Å². The molecule has 0 saturated carbocycles. The molecule has 2 aromatic heterocycles. The molecule has 0 amide bonds. The Labute approximate surface area is 113 Å². The molecule has 17 heavy (non-hydrogen) atoms. The highest BCUT2D eigenvalue weighted by atomic mass is 32.1. The molecule has 0 fully saturated rings. The summed E-state index contributed by atoms with van der Waals surface area (Å²) in [6, 6.07) is 9.00. The van der Waals surface area contributed by atoms with Crippen LogP contribution in [0.25, 0.3) is 9.75 Å². The quantitative estimate of drug-likeness (QED) is 0.664. The fraction of sp³-hybridized carbons (Fsp3) is 0.429. The van der Waals surface area contributed by atoms with Gasteiger partial charge in [-0.05, 0) is 27.1 Å². The zero-order chi connectivity index (χ0) is 12.7. The molecule has 0 radical (unpaired) electrons. The SMILES string of the molecule is CC(C)(C)[Si](C)(C)c1ccc(-c2cccs2)s1. The summed E-state index contributed by atoms with van der Waals surface area (Å²) in [6.07, 6.45) is 0. The summed E-state index contributed by atoms with van der Waals surface area (Å²) >= 11 is 3.83. The minimum Gasteiger partial charge on any atom is -0.144 e. The van der Waals surface area contributed by atoms with Crippen molar-refractivity contribution in [3.63, 3.8) is 0 Å². The molecule has 3 heteroatoms. The molecular weight excluding hydrogens is 260 g/mol. The second-order valence-electron chi connectivity index (χ2n) is 6.02. The van der Waals surface area contributed by atoms with Crippen LogP contribution in [0.1, 0.15) is 20.8 Å². The topological polar surface area (TPSA) is 0 Å². The lowest BCUT2D eigenvalue weighted by Crippen LogP contribution is -2.47. The van der Waals surface area contributed by atoms with Gasteiger partial charge in [0.25, 0.3) is 0 Å². The highest BCUT2D eigenvalue weighted by Gasteiger charge is 2.38. The van der Waals surface area contributed by atoms with Crippen molar-refractivity contribution < 1.29 is 0 Å².